The number of fused-ring (bicyclic) bond motifs is 1. The molecular formula is C17H13N3O4S. The third-order valence-corrected chi connectivity index (χ3v) is 4.48. The summed E-state index contributed by atoms with van der Waals surface area (Å²) in [4.78, 5) is 12.4. The molecule has 0 spiro atoms. The van der Waals surface area contributed by atoms with Crippen molar-refractivity contribution in [2.45, 2.75) is 0 Å². The fourth-order valence-electron chi connectivity index (χ4n) is 2.35. The normalized spacial score (nSPS) is 12.0. The Morgan fingerprint density at radius 1 is 1.16 bits per heavy atom. The molecule has 2 heterocycles. The van der Waals surface area contributed by atoms with Crippen LogP contribution in [0.3, 0.4) is 0 Å². The number of anilines is 1. The van der Waals surface area contributed by atoms with Gasteiger partial charge in [-0.25, -0.2) is 0 Å². The molecule has 0 saturated heterocycles. The summed E-state index contributed by atoms with van der Waals surface area (Å²) in [6.07, 6.45) is 0. The van der Waals surface area contributed by atoms with E-state index in [-0.39, 0.29) is 12.7 Å². The van der Waals surface area contributed by atoms with Gasteiger partial charge >= 0.3 is 0 Å². The Kier molecular flexibility index (Phi) is 3.95. The summed E-state index contributed by atoms with van der Waals surface area (Å²) >= 11 is 1.29. The van der Waals surface area contributed by atoms with Gasteiger partial charge in [0.05, 0.1) is 7.11 Å². The van der Waals surface area contributed by atoms with Crippen molar-refractivity contribution in [3.63, 3.8) is 0 Å². The van der Waals surface area contributed by atoms with E-state index in [0.29, 0.717) is 27.2 Å². The molecule has 3 aromatic rings. The predicted molar refractivity (Wildman–Crippen MR) is 92.4 cm³/mol. The predicted octanol–water partition coefficient (Wildman–Crippen LogP) is 3.19. The van der Waals surface area contributed by atoms with Crippen molar-refractivity contribution in [3.05, 3.63) is 48.0 Å². The highest BCUT2D eigenvalue weighted by atomic mass is 32.1. The first-order valence-corrected chi connectivity index (χ1v) is 8.23. The molecule has 0 aliphatic carbocycles. The minimum Gasteiger partial charge on any atom is -0.497 e. The van der Waals surface area contributed by atoms with Crippen molar-refractivity contribution in [1.29, 1.82) is 0 Å². The number of carbonyl (C=O) groups excluding carboxylic acids is 1. The van der Waals surface area contributed by atoms with Crippen molar-refractivity contribution in [3.8, 4) is 27.8 Å². The molecule has 0 unspecified atom stereocenters. The molecule has 7 nitrogen and oxygen atoms in total. The third-order valence-electron chi connectivity index (χ3n) is 3.60. The highest BCUT2D eigenvalue weighted by molar-refractivity contribution is 7.18. The standard InChI is InChI=1S/C17H13N3O4S/c1-22-12-4-2-3-11(7-12)16-19-20-17(25-16)18-15(21)10-5-6-13-14(8-10)24-9-23-13/h2-8H,9H2,1H3,(H,18,20,21). The van der Waals surface area contributed by atoms with Gasteiger partial charge in [0, 0.05) is 11.1 Å². The van der Waals surface area contributed by atoms with Crippen LogP contribution in [0.2, 0.25) is 0 Å². The number of ether oxygens (including phenoxy) is 3. The van der Waals surface area contributed by atoms with Gasteiger partial charge in [-0.3, -0.25) is 10.1 Å². The molecule has 1 N–H and O–H groups in total. The van der Waals surface area contributed by atoms with Crippen LogP contribution in [0.25, 0.3) is 10.6 Å². The average molecular weight is 355 g/mol. The van der Waals surface area contributed by atoms with Crippen molar-refractivity contribution in [2.24, 2.45) is 0 Å². The van der Waals surface area contributed by atoms with Crippen molar-refractivity contribution >= 4 is 22.4 Å². The lowest BCUT2D eigenvalue weighted by Gasteiger charge is -2.02. The Labute approximate surface area is 147 Å². The summed E-state index contributed by atoms with van der Waals surface area (Å²) in [6.45, 7) is 0.167. The van der Waals surface area contributed by atoms with Crippen molar-refractivity contribution in [1.82, 2.24) is 10.2 Å². The first kappa shape index (κ1) is 15.4. The molecule has 4 rings (SSSR count). The van der Waals surface area contributed by atoms with Crippen LogP contribution in [0.15, 0.2) is 42.5 Å². The lowest BCUT2D eigenvalue weighted by molar-refractivity contribution is 0.102. The maximum Gasteiger partial charge on any atom is 0.257 e. The number of hydrogen-bond acceptors (Lipinski definition) is 7. The Bertz CT molecular complexity index is 941. The minimum absolute atomic E-state index is 0.167. The van der Waals surface area contributed by atoms with Gasteiger partial charge in [0.1, 0.15) is 10.8 Å². The van der Waals surface area contributed by atoms with E-state index < -0.39 is 0 Å². The number of hydrogen-bond donors (Lipinski definition) is 1. The highest BCUT2D eigenvalue weighted by Crippen LogP contribution is 2.33. The molecule has 0 fully saturated rings. The smallest absolute Gasteiger partial charge is 0.257 e. The number of carbonyl (C=O) groups is 1. The number of nitrogens with zero attached hydrogens (tertiary/aromatic N) is 2. The summed E-state index contributed by atoms with van der Waals surface area (Å²) in [6, 6.07) is 12.5. The minimum atomic E-state index is -0.286. The van der Waals surface area contributed by atoms with Crippen LogP contribution in [0, 0.1) is 0 Å². The van der Waals surface area contributed by atoms with Crippen LogP contribution < -0.4 is 19.5 Å². The molecule has 0 bridgehead atoms. The molecule has 8 heteroatoms. The van der Waals surface area contributed by atoms with E-state index >= 15 is 0 Å². The second kappa shape index (κ2) is 6.40. The maximum absolute atomic E-state index is 12.4. The first-order valence-electron chi connectivity index (χ1n) is 7.42. The van der Waals surface area contributed by atoms with E-state index in [1.165, 1.54) is 11.3 Å². The molecule has 2 aromatic carbocycles. The molecule has 25 heavy (non-hydrogen) atoms. The molecule has 0 atom stereocenters. The third kappa shape index (κ3) is 3.11. The molecule has 126 valence electrons. The molecule has 1 aliphatic heterocycles. The number of aromatic nitrogens is 2. The second-order valence-electron chi connectivity index (χ2n) is 5.17. The molecular weight excluding hydrogens is 342 g/mol. The highest BCUT2D eigenvalue weighted by Gasteiger charge is 2.17. The summed E-state index contributed by atoms with van der Waals surface area (Å²) in [5, 5.41) is 12.0. The van der Waals surface area contributed by atoms with Crippen LogP contribution >= 0.6 is 11.3 Å². The van der Waals surface area contributed by atoms with E-state index in [4.69, 9.17) is 14.2 Å². The van der Waals surface area contributed by atoms with E-state index in [2.05, 4.69) is 15.5 Å². The molecule has 0 saturated carbocycles. The van der Waals surface area contributed by atoms with E-state index in [0.717, 1.165) is 11.3 Å². The van der Waals surface area contributed by atoms with Gasteiger partial charge in [-0.15, -0.1) is 10.2 Å². The molecule has 1 amide bonds. The summed E-state index contributed by atoms with van der Waals surface area (Å²) in [5.74, 6) is 1.64. The van der Waals surface area contributed by atoms with Crippen LogP contribution in [0.5, 0.6) is 17.2 Å². The second-order valence-corrected chi connectivity index (χ2v) is 6.14. The summed E-state index contributed by atoms with van der Waals surface area (Å²) in [5.41, 5.74) is 1.34. The van der Waals surface area contributed by atoms with Crippen molar-refractivity contribution in [2.75, 3.05) is 19.2 Å². The zero-order chi connectivity index (χ0) is 17.2. The topological polar surface area (TPSA) is 82.6 Å². The maximum atomic E-state index is 12.4. The zero-order valence-corrected chi connectivity index (χ0v) is 14.0. The van der Waals surface area contributed by atoms with Crippen molar-refractivity contribution < 1.29 is 19.0 Å². The first-order chi connectivity index (χ1) is 12.2. The Hall–Kier alpha value is -3.13. The SMILES string of the molecule is COc1cccc(-c2nnc(NC(=O)c3ccc4c(c3)OCO4)s2)c1. The van der Waals surface area contributed by atoms with E-state index in [1.54, 1.807) is 25.3 Å². The summed E-state index contributed by atoms with van der Waals surface area (Å²) < 4.78 is 15.7. The van der Waals surface area contributed by atoms with E-state index in [1.807, 2.05) is 24.3 Å². The van der Waals surface area contributed by atoms with Crippen LogP contribution in [-0.4, -0.2) is 30.0 Å². The largest absolute Gasteiger partial charge is 0.497 e. The number of amides is 1. The lowest BCUT2D eigenvalue weighted by atomic mass is 10.2. The summed E-state index contributed by atoms with van der Waals surface area (Å²) in [7, 11) is 1.61. The average Bonchev–Trinajstić information content (AvgIpc) is 3.30. The van der Waals surface area contributed by atoms with Gasteiger partial charge in [-0.05, 0) is 30.3 Å². The monoisotopic (exact) mass is 355 g/mol. The van der Waals surface area contributed by atoms with Gasteiger partial charge < -0.3 is 14.2 Å². The molecule has 0 radical (unpaired) electrons. The number of nitrogens with one attached hydrogen (secondary N) is 1. The van der Waals surface area contributed by atoms with Crippen LogP contribution in [0.1, 0.15) is 10.4 Å². The number of benzene rings is 2. The molecule has 1 aromatic heterocycles. The quantitative estimate of drug-likeness (QED) is 0.774. The molecule has 1 aliphatic rings. The fourth-order valence-corrected chi connectivity index (χ4v) is 3.09. The van der Waals surface area contributed by atoms with Gasteiger partial charge in [0.25, 0.3) is 5.91 Å². The van der Waals surface area contributed by atoms with Gasteiger partial charge in [-0.1, -0.05) is 23.5 Å². The van der Waals surface area contributed by atoms with Gasteiger partial charge in [0.15, 0.2) is 11.5 Å². The van der Waals surface area contributed by atoms with Gasteiger partial charge in [-0.2, -0.15) is 0 Å². The van der Waals surface area contributed by atoms with E-state index in [9.17, 15) is 4.79 Å². The lowest BCUT2D eigenvalue weighted by Crippen LogP contribution is -2.11. The fraction of sp³-hybridized carbons (Fsp3) is 0.118. The zero-order valence-electron chi connectivity index (χ0n) is 13.2. The van der Waals surface area contributed by atoms with Crippen LogP contribution in [0.4, 0.5) is 5.13 Å². The number of methoxy groups -OCH3 is 1. The van der Waals surface area contributed by atoms with Gasteiger partial charge in [0.2, 0.25) is 11.9 Å². The number of rotatable bonds is 4. The Morgan fingerprint density at radius 3 is 2.92 bits per heavy atom. The van der Waals surface area contributed by atoms with Crippen LogP contribution in [-0.2, 0) is 0 Å². The Morgan fingerprint density at radius 2 is 2.04 bits per heavy atom. The Balaban J connectivity index is 1.51.